The van der Waals surface area contributed by atoms with Crippen molar-refractivity contribution in [1.82, 2.24) is 0 Å². The van der Waals surface area contributed by atoms with E-state index in [2.05, 4.69) is 45.0 Å². The molecular formula is C19H25NS. The van der Waals surface area contributed by atoms with E-state index in [9.17, 15) is 0 Å². The van der Waals surface area contributed by atoms with E-state index in [4.69, 9.17) is 5.73 Å². The summed E-state index contributed by atoms with van der Waals surface area (Å²) in [5.74, 6) is 1.51. The van der Waals surface area contributed by atoms with Gasteiger partial charge in [0.2, 0.25) is 0 Å². The van der Waals surface area contributed by atoms with Crippen molar-refractivity contribution in [3.05, 3.63) is 40.3 Å². The molecule has 1 atom stereocenters. The van der Waals surface area contributed by atoms with E-state index >= 15 is 0 Å². The van der Waals surface area contributed by atoms with Gasteiger partial charge in [-0.25, -0.2) is 0 Å². The molecule has 0 fully saturated rings. The average Bonchev–Trinajstić information content (AvgIpc) is 2.74. The third-order valence-corrected chi connectivity index (χ3v) is 5.51. The van der Waals surface area contributed by atoms with Crippen LogP contribution in [0.4, 0.5) is 5.00 Å². The van der Waals surface area contributed by atoms with Crippen molar-refractivity contribution in [2.45, 2.75) is 46.5 Å². The van der Waals surface area contributed by atoms with Crippen molar-refractivity contribution >= 4 is 16.3 Å². The number of nitrogen functional groups attached to an aromatic ring is 1. The van der Waals surface area contributed by atoms with Crippen molar-refractivity contribution in [2.75, 3.05) is 5.73 Å². The van der Waals surface area contributed by atoms with Crippen LogP contribution < -0.4 is 5.73 Å². The minimum absolute atomic E-state index is 0.705. The first-order valence-electron chi connectivity index (χ1n) is 8.04. The summed E-state index contributed by atoms with van der Waals surface area (Å²) in [4.78, 5) is 1.52. The Hall–Kier alpha value is -1.28. The van der Waals surface area contributed by atoms with Crippen LogP contribution in [0.25, 0.3) is 11.1 Å². The molecule has 0 aliphatic heterocycles. The quantitative estimate of drug-likeness (QED) is 0.815. The minimum Gasteiger partial charge on any atom is -0.390 e. The normalized spacial score (nSPS) is 18.0. The second-order valence-corrected chi connectivity index (χ2v) is 8.02. The Morgan fingerprint density at radius 2 is 1.95 bits per heavy atom. The first-order chi connectivity index (χ1) is 10.0. The second-order valence-electron chi connectivity index (χ2n) is 6.89. The maximum Gasteiger partial charge on any atom is 0.0941 e. The summed E-state index contributed by atoms with van der Waals surface area (Å²) >= 11 is 1.81. The van der Waals surface area contributed by atoms with Crippen LogP contribution in [-0.4, -0.2) is 0 Å². The highest BCUT2D eigenvalue weighted by atomic mass is 32.1. The van der Waals surface area contributed by atoms with Gasteiger partial charge in [0.05, 0.1) is 5.00 Å². The number of thiophene rings is 1. The summed E-state index contributed by atoms with van der Waals surface area (Å²) in [6.45, 7) is 6.88. The third kappa shape index (κ3) is 3.01. The van der Waals surface area contributed by atoms with Crippen molar-refractivity contribution < 1.29 is 0 Å². The number of anilines is 1. The molecule has 1 aliphatic rings. The molecule has 0 spiro atoms. The monoisotopic (exact) mass is 299 g/mol. The molecule has 1 aromatic carbocycles. The lowest BCUT2D eigenvalue weighted by Gasteiger charge is -2.19. The topological polar surface area (TPSA) is 26.0 Å². The largest absolute Gasteiger partial charge is 0.390 e. The molecule has 1 nitrogen and oxygen atoms in total. The molecule has 0 bridgehead atoms. The van der Waals surface area contributed by atoms with Gasteiger partial charge in [-0.2, -0.15) is 0 Å². The maximum atomic E-state index is 6.34. The molecule has 2 N–H and O–H groups in total. The summed E-state index contributed by atoms with van der Waals surface area (Å²) < 4.78 is 0. The fourth-order valence-electron chi connectivity index (χ4n) is 3.37. The van der Waals surface area contributed by atoms with Crippen LogP contribution in [0.1, 0.15) is 43.2 Å². The molecule has 0 amide bonds. The summed E-state index contributed by atoms with van der Waals surface area (Å²) in [5, 5.41) is 1.01. The van der Waals surface area contributed by atoms with Crippen molar-refractivity contribution in [2.24, 2.45) is 11.8 Å². The summed E-state index contributed by atoms with van der Waals surface area (Å²) in [6, 6.07) is 9.05. The number of fused-ring (bicyclic) bond motifs is 1. The Balaban J connectivity index is 1.94. The molecule has 2 aromatic rings. The maximum absolute atomic E-state index is 6.34. The Kier molecular flexibility index (Phi) is 4.08. The predicted octanol–water partition coefficient (Wildman–Crippen LogP) is 5.32. The van der Waals surface area contributed by atoms with Gasteiger partial charge < -0.3 is 5.73 Å². The van der Waals surface area contributed by atoms with Gasteiger partial charge >= 0.3 is 0 Å². The number of nitrogens with two attached hydrogens (primary N) is 1. The van der Waals surface area contributed by atoms with Gasteiger partial charge in [0, 0.05) is 10.4 Å². The van der Waals surface area contributed by atoms with Gasteiger partial charge in [-0.05, 0) is 54.2 Å². The predicted molar refractivity (Wildman–Crippen MR) is 93.9 cm³/mol. The summed E-state index contributed by atoms with van der Waals surface area (Å²) in [6.07, 6.45) is 4.83. The first-order valence-corrected chi connectivity index (χ1v) is 8.85. The highest BCUT2D eigenvalue weighted by Crippen LogP contribution is 2.43. The highest BCUT2D eigenvalue weighted by molar-refractivity contribution is 7.16. The smallest absolute Gasteiger partial charge is 0.0941 e. The fraction of sp³-hybridized carbons (Fsp3) is 0.474. The molecule has 0 radical (unpaired) electrons. The molecule has 3 rings (SSSR count). The Morgan fingerprint density at radius 1 is 1.24 bits per heavy atom. The summed E-state index contributed by atoms with van der Waals surface area (Å²) in [5.41, 5.74) is 11.9. The molecule has 1 aromatic heterocycles. The second kappa shape index (κ2) is 5.84. The third-order valence-electron chi connectivity index (χ3n) is 4.43. The van der Waals surface area contributed by atoms with E-state index in [0.29, 0.717) is 5.92 Å². The van der Waals surface area contributed by atoms with Crippen molar-refractivity contribution in [3.8, 4) is 11.1 Å². The zero-order valence-corrected chi connectivity index (χ0v) is 14.1. The molecular weight excluding hydrogens is 274 g/mol. The molecule has 2 heteroatoms. The van der Waals surface area contributed by atoms with E-state index in [1.807, 2.05) is 11.3 Å². The standard InChI is InChI=1S/C19H25NS/c1-12(2)10-14-5-7-15(8-6-14)18-16-9-4-13(3)11-17(16)21-19(18)20/h5-8,12-13H,4,9-11,20H2,1-3H3. The molecule has 0 saturated carbocycles. The lowest BCUT2D eigenvalue weighted by molar-refractivity contribution is 0.508. The van der Waals surface area contributed by atoms with Gasteiger partial charge in [-0.1, -0.05) is 45.0 Å². The molecule has 112 valence electrons. The van der Waals surface area contributed by atoms with Gasteiger partial charge in [-0.3, -0.25) is 0 Å². The fourth-order valence-corrected chi connectivity index (χ4v) is 4.67. The van der Waals surface area contributed by atoms with E-state index in [0.717, 1.165) is 17.3 Å². The minimum atomic E-state index is 0.705. The van der Waals surface area contributed by atoms with Crippen molar-refractivity contribution in [1.29, 1.82) is 0 Å². The number of hydrogen-bond donors (Lipinski definition) is 1. The lowest BCUT2D eigenvalue weighted by Crippen LogP contribution is -2.09. The van der Waals surface area contributed by atoms with Crippen LogP contribution in [0.2, 0.25) is 0 Å². The van der Waals surface area contributed by atoms with Crippen LogP contribution >= 0.6 is 11.3 Å². The summed E-state index contributed by atoms with van der Waals surface area (Å²) in [7, 11) is 0. The van der Waals surface area contributed by atoms with E-state index in [-0.39, 0.29) is 0 Å². The van der Waals surface area contributed by atoms with Crippen LogP contribution in [0.3, 0.4) is 0 Å². The van der Waals surface area contributed by atoms with Crippen LogP contribution in [-0.2, 0) is 19.3 Å². The molecule has 1 unspecified atom stereocenters. The zero-order chi connectivity index (χ0) is 15.0. The van der Waals surface area contributed by atoms with Crippen LogP contribution in [0.5, 0.6) is 0 Å². The van der Waals surface area contributed by atoms with E-state index in [1.165, 1.54) is 46.4 Å². The van der Waals surface area contributed by atoms with Gasteiger partial charge in [0.1, 0.15) is 0 Å². The van der Waals surface area contributed by atoms with Crippen LogP contribution in [0, 0.1) is 11.8 Å². The van der Waals surface area contributed by atoms with Gasteiger partial charge in [-0.15, -0.1) is 11.3 Å². The van der Waals surface area contributed by atoms with Gasteiger partial charge in [0.25, 0.3) is 0 Å². The van der Waals surface area contributed by atoms with Gasteiger partial charge in [0.15, 0.2) is 0 Å². The molecule has 1 heterocycles. The Bertz CT molecular complexity index is 622. The van der Waals surface area contributed by atoms with E-state index < -0.39 is 0 Å². The zero-order valence-electron chi connectivity index (χ0n) is 13.3. The number of benzene rings is 1. The van der Waals surface area contributed by atoms with E-state index in [1.54, 1.807) is 0 Å². The highest BCUT2D eigenvalue weighted by Gasteiger charge is 2.23. The Labute approximate surface area is 132 Å². The SMILES string of the molecule is CC(C)Cc1ccc(-c2c(N)sc3c2CCC(C)C3)cc1. The first kappa shape index (κ1) is 14.6. The van der Waals surface area contributed by atoms with Crippen molar-refractivity contribution in [3.63, 3.8) is 0 Å². The van der Waals surface area contributed by atoms with Crippen LogP contribution in [0.15, 0.2) is 24.3 Å². The number of rotatable bonds is 3. The molecule has 21 heavy (non-hydrogen) atoms. The Morgan fingerprint density at radius 3 is 2.62 bits per heavy atom. The number of hydrogen-bond acceptors (Lipinski definition) is 2. The average molecular weight is 299 g/mol. The molecule has 0 saturated heterocycles. The lowest BCUT2D eigenvalue weighted by atomic mass is 9.86. The molecule has 1 aliphatic carbocycles.